The lowest BCUT2D eigenvalue weighted by Gasteiger charge is -2.17. The fraction of sp³-hybridized carbons (Fsp3) is 0.333. The van der Waals surface area contributed by atoms with Gasteiger partial charge in [0.25, 0.3) is 0 Å². The second-order valence-corrected chi connectivity index (χ2v) is 5.87. The van der Waals surface area contributed by atoms with Crippen LogP contribution in [0.5, 0.6) is 0 Å². The van der Waals surface area contributed by atoms with Crippen LogP contribution in [-0.4, -0.2) is 23.0 Å². The number of carbonyl (C=O) groups excluding carboxylic acids is 1. The van der Waals surface area contributed by atoms with Crippen molar-refractivity contribution in [3.05, 3.63) is 48.0 Å². The molecule has 5 nitrogen and oxygen atoms in total. The van der Waals surface area contributed by atoms with E-state index in [9.17, 15) is 14.0 Å². The molecule has 0 aliphatic rings. The SMILES string of the molecule is CC(C)[C@H](NC(=O)CCc1ccc(-c2ccccc2F)o1)C(=O)O. The predicted octanol–water partition coefficient (Wildman–Crippen LogP) is 3.24. The first-order chi connectivity index (χ1) is 11.4. The third-order valence-electron chi connectivity index (χ3n) is 3.65. The third-order valence-corrected chi connectivity index (χ3v) is 3.65. The van der Waals surface area contributed by atoms with Gasteiger partial charge in [0.15, 0.2) is 0 Å². The van der Waals surface area contributed by atoms with Crippen LogP contribution in [0.25, 0.3) is 11.3 Å². The minimum absolute atomic E-state index is 0.0979. The number of aryl methyl sites for hydroxylation is 1. The first kappa shape index (κ1) is 17.7. The number of hydrogen-bond donors (Lipinski definition) is 2. The van der Waals surface area contributed by atoms with E-state index in [0.717, 1.165) is 0 Å². The van der Waals surface area contributed by atoms with Gasteiger partial charge in [0.05, 0.1) is 5.56 Å². The number of carboxylic acid groups (broad SMARTS) is 1. The topological polar surface area (TPSA) is 79.5 Å². The van der Waals surface area contributed by atoms with Crippen molar-refractivity contribution in [2.75, 3.05) is 0 Å². The fourth-order valence-electron chi connectivity index (χ4n) is 2.31. The highest BCUT2D eigenvalue weighted by Crippen LogP contribution is 2.25. The molecule has 2 rings (SSSR count). The molecule has 2 N–H and O–H groups in total. The van der Waals surface area contributed by atoms with Crippen molar-refractivity contribution in [2.45, 2.75) is 32.7 Å². The van der Waals surface area contributed by atoms with Gasteiger partial charge < -0.3 is 14.8 Å². The first-order valence-corrected chi connectivity index (χ1v) is 7.74. The van der Waals surface area contributed by atoms with Crippen LogP contribution in [0, 0.1) is 11.7 Å². The molecule has 1 aromatic carbocycles. The second kappa shape index (κ2) is 7.77. The summed E-state index contributed by atoms with van der Waals surface area (Å²) < 4.78 is 19.3. The molecule has 6 heteroatoms. The van der Waals surface area contributed by atoms with E-state index in [1.807, 2.05) is 0 Å². The van der Waals surface area contributed by atoms with Crippen LogP contribution in [0.4, 0.5) is 4.39 Å². The molecule has 0 saturated heterocycles. The van der Waals surface area contributed by atoms with Gasteiger partial charge in [-0.05, 0) is 30.2 Å². The van der Waals surface area contributed by atoms with E-state index in [1.165, 1.54) is 6.07 Å². The molecule has 0 radical (unpaired) electrons. The average Bonchev–Trinajstić information content (AvgIpc) is 2.99. The quantitative estimate of drug-likeness (QED) is 0.815. The zero-order valence-electron chi connectivity index (χ0n) is 13.6. The second-order valence-electron chi connectivity index (χ2n) is 5.87. The largest absolute Gasteiger partial charge is 0.480 e. The van der Waals surface area contributed by atoms with Crippen LogP contribution >= 0.6 is 0 Å². The van der Waals surface area contributed by atoms with Crippen LogP contribution in [0.3, 0.4) is 0 Å². The lowest BCUT2D eigenvalue weighted by atomic mass is 10.0. The van der Waals surface area contributed by atoms with Crippen LogP contribution < -0.4 is 5.32 Å². The molecule has 0 spiro atoms. The molecule has 0 bridgehead atoms. The molecule has 1 heterocycles. The summed E-state index contributed by atoms with van der Waals surface area (Å²) in [5.74, 6) is -1.06. The summed E-state index contributed by atoms with van der Waals surface area (Å²) in [6.07, 6.45) is 0.408. The maximum Gasteiger partial charge on any atom is 0.326 e. The van der Waals surface area contributed by atoms with Gasteiger partial charge in [0, 0.05) is 12.8 Å². The van der Waals surface area contributed by atoms with Crippen molar-refractivity contribution in [3.8, 4) is 11.3 Å². The summed E-state index contributed by atoms with van der Waals surface area (Å²) in [7, 11) is 0. The molecular weight excluding hydrogens is 313 g/mol. The van der Waals surface area contributed by atoms with Gasteiger partial charge >= 0.3 is 5.97 Å². The summed E-state index contributed by atoms with van der Waals surface area (Å²) in [4.78, 5) is 23.0. The van der Waals surface area contributed by atoms with Crippen molar-refractivity contribution in [3.63, 3.8) is 0 Å². The zero-order chi connectivity index (χ0) is 17.7. The molecule has 0 aliphatic carbocycles. The highest BCUT2D eigenvalue weighted by Gasteiger charge is 2.23. The number of aliphatic carboxylic acids is 1. The first-order valence-electron chi connectivity index (χ1n) is 7.74. The molecule has 1 atom stereocenters. The van der Waals surface area contributed by atoms with E-state index < -0.39 is 12.0 Å². The van der Waals surface area contributed by atoms with Crippen LogP contribution in [0.15, 0.2) is 40.8 Å². The van der Waals surface area contributed by atoms with Crippen molar-refractivity contribution in [1.29, 1.82) is 0 Å². The van der Waals surface area contributed by atoms with Crippen LogP contribution in [-0.2, 0) is 16.0 Å². The highest BCUT2D eigenvalue weighted by molar-refractivity contribution is 5.83. The highest BCUT2D eigenvalue weighted by atomic mass is 19.1. The van der Waals surface area contributed by atoms with Crippen molar-refractivity contribution >= 4 is 11.9 Å². The van der Waals surface area contributed by atoms with Gasteiger partial charge in [-0.25, -0.2) is 9.18 Å². The molecule has 1 aromatic heterocycles. The monoisotopic (exact) mass is 333 g/mol. The van der Waals surface area contributed by atoms with Gasteiger partial charge in [-0.15, -0.1) is 0 Å². The van der Waals surface area contributed by atoms with Gasteiger partial charge in [0.2, 0.25) is 5.91 Å². The zero-order valence-corrected chi connectivity index (χ0v) is 13.6. The van der Waals surface area contributed by atoms with E-state index >= 15 is 0 Å². The number of hydrogen-bond acceptors (Lipinski definition) is 3. The Bertz CT molecular complexity index is 723. The Kier molecular flexibility index (Phi) is 5.73. The van der Waals surface area contributed by atoms with Crippen molar-refractivity contribution < 1.29 is 23.5 Å². The lowest BCUT2D eigenvalue weighted by molar-refractivity contribution is -0.143. The number of carbonyl (C=O) groups is 2. The smallest absolute Gasteiger partial charge is 0.326 e. The van der Waals surface area contributed by atoms with Crippen LogP contribution in [0.2, 0.25) is 0 Å². The number of rotatable bonds is 7. The normalized spacial score (nSPS) is 12.2. The molecule has 128 valence electrons. The minimum Gasteiger partial charge on any atom is -0.480 e. The maximum absolute atomic E-state index is 13.7. The number of carboxylic acids is 1. The van der Waals surface area contributed by atoms with E-state index in [2.05, 4.69) is 5.32 Å². The lowest BCUT2D eigenvalue weighted by Crippen LogP contribution is -2.44. The molecule has 0 fully saturated rings. The summed E-state index contributed by atoms with van der Waals surface area (Å²) in [5, 5.41) is 11.6. The molecule has 0 aliphatic heterocycles. The minimum atomic E-state index is -1.06. The molecule has 1 amide bonds. The Morgan fingerprint density at radius 3 is 2.54 bits per heavy atom. The molecule has 2 aromatic rings. The van der Waals surface area contributed by atoms with Crippen LogP contribution in [0.1, 0.15) is 26.0 Å². The Labute approximate surface area is 139 Å². The van der Waals surface area contributed by atoms with E-state index in [-0.39, 0.29) is 24.1 Å². The van der Waals surface area contributed by atoms with Gasteiger partial charge in [-0.1, -0.05) is 26.0 Å². The van der Waals surface area contributed by atoms with Gasteiger partial charge in [-0.3, -0.25) is 4.79 Å². The molecule has 24 heavy (non-hydrogen) atoms. The summed E-state index contributed by atoms with van der Waals surface area (Å²) in [6, 6.07) is 8.70. The number of nitrogens with one attached hydrogen (secondary N) is 1. The molecule has 0 saturated carbocycles. The Morgan fingerprint density at radius 1 is 1.21 bits per heavy atom. The molecular formula is C18H20FNO4. The van der Waals surface area contributed by atoms with Crippen molar-refractivity contribution in [2.24, 2.45) is 5.92 Å². The third kappa shape index (κ3) is 4.44. The van der Waals surface area contributed by atoms with Crippen molar-refractivity contribution in [1.82, 2.24) is 5.32 Å². The summed E-state index contributed by atoms with van der Waals surface area (Å²) >= 11 is 0. The predicted molar refractivity (Wildman–Crippen MR) is 86.8 cm³/mol. The summed E-state index contributed by atoms with van der Waals surface area (Å²) in [5.41, 5.74) is 0.360. The Morgan fingerprint density at radius 2 is 1.92 bits per heavy atom. The number of benzene rings is 1. The number of halogens is 1. The van der Waals surface area contributed by atoms with Gasteiger partial charge in [-0.2, -0.15) is 0 Å². The van der Waals surface area contributed by atoms with Gasteiger partial charge in [0.1, 0.15) is 23.4 Å². The fourth-order valence-corrected chi connectivity index (χ4v) is 2.31. The van der Waals surface area contributed by atoms with E-state index in [0.29, 0.717) is 23.5 Å². The van der Waals surface area contributed by atoms with E-state index in [1.54, 1.807) is 44.2 Å². The Balaban J connectivity index is 1.95. The maximum atomic E-state index is 13.7. The standard InChI is InChI=1S/C18H20FNO4/c1-11(2)17(18(22)23)20-16(21)10-8-12-7-9-15(24-12)13-5-3-4-6-14(13)19/h3-7,9,11,17H,8,10H2,1-2H3,(H,20,21)(H,22,23)/t17-/m0/s1. The summed E-state index contributed by atoms with van der Waals surface area (Å²) in [6.45, 7) is 3.46. The Hall–Kier alpha value is -2.63. The number of furan rings is 1. The van der Waals surface area contributed by atoms with E-state index in [4.69, 9.17) is 9.52 Å². The average molecular weight is 333 g/mol. The number of amides is 1. The molecule has 0 unspecified atom stereocenters.